The van der Waals surface area contributed by atoms with E-state index in [4.69, 9.17) is 0 Å². The molecule has 0 spiro atoms. The van der Waals surface area contributed by atoms with Crippen LogP contribution in [0.25, 0.3) is 0 Å². The lowest BCUT2D eigenvalue weighted by molar-refractivity contribution is 0.0911. The molecule has 1 heteroatoms. The zero-order valence-corrected chi connectivity index (χ0v) is 15.4. The molecule has 0 saturated heterocycles. The van der Waals surface area contributed by atoms with Gasteiger partial charge in [-0.3, -0.25) is 4.79 Å². The van der Waals surface area contributed by atoms with Gasteiger partial charge in [0, 0.05) is 5.56 Å². The first-order chi connectivity index (χ1) is 13.2. The summed E-state index contributed by atoms with van der Waals surface area (Å²) in [6, 6.07) is 27.6. The van der Waals surface area contributed by atoms with Gasteiger partial charge in [-0.2, -0.15) is 0 Å². The Morgan fingerprint density at radius 1 is 0.926 bits per heavy atom. The van der Waals surface area contributed by atoms with E-state index in [9.17, 15) is 4.79 Å². The Bertz CT molecular complexity index is 1050. The number of carbonyl (C=O) groups excluding carboxylic acids is 1. The number of aryl methyl sites for hydroxylation is 1. The van der Waals surface area contributed by atoms with Crippen LogP contribution in [-0.4, -0.2) is 5.78 Å². The second-order valence-corrected chi connectivity index (χ2v) is 8.57. The van der Waals surface area contributed by atoms with Crippen molar-refractivity contribution in [2.24, 2.45) is 11.8 Å². The third-order valence-corrected chi connectivity index (χ3v) is 7.41. The van der Waals surface area contributed by atoms with Crippen LogP contribution in [0.1, 0.15) is 50.9 Å². The quantitative estimate of drug-likeness (QED) is 0.558. The number of rotatable bonds is 3. The van der Waals surface area contributed by atoms with Gasteiger partial charge in [0.1, 0.15) is 0 Å². The fourth-order valence-electron chi connectivity index (χ4n) is 6.46. The molecule has 1 nitrogen and oxygen atoms in total. The molecule has 3 aliphatic rings. The van der Waals surface area contributed by atoms with E-state index < -0.39 is 0 Å². The van der Waals surface area contributed by atoms with Crippen LogP contribution in [0.4, 0.5) is 0 Å². The van der Waals surface area contributed by atoms with Gasteiger partial charge in [-0.05, 0) is 53.7 Å². The molecule has 3 aliphatic carbocycles. The minimum atomic E-state index is -0.308. The van der Waals surface area contributed by atoms with Crippen molar-refractivity contribution in [1.82, 2.24) is 0 Å². The predicted octanol–water partition coefficient (Wildman–Crippen LogP) is 5.65. The Kier molecular flexibility index (Phi) is 2.96. The van der Waals surface area contributed by atoms with Gasteiger partial charge in [-0.1, -0.05) is 84.4 Å². The maximum Gasteiger partial charge on any atom is 0.173 e. The summed E-state index contributed by atoms with van der Waals surface area (Å²) in [6.45, 7) is 2.15. The summed E-state index contributed by atoms with van der Waals surface area (Å²) in [5, 5.41) is 0. The molecule has 27 heavy (non-hydrogen) atoms. The first-order valence-corrected chi connectivity index (χ1v) is 9.98. The van der Waals surface area contributed by atoms with Gasteiger partial charge >= 0.3 is 0 Å². The lowest BCUT2D eigenvalue weighted by Gasteiger charge is -2.39. The molecule has 0 N–H and O–H groups in total. The Balaban J connectivity index is 1.57. The first kappa shape index (κ1) is 15.4. The SMILES string of the molecule is Cc1ccc2c(c1)C1(C(=O)c3ccccc3)C3[C@@H](c4ccccc4)[C@@H]2C[C@H]31. The van der Waals surface area contributed by atoms with E-state index in [-0.39, 0.29) is 5.41 Å². The molecule has 0 radical (unpaired) electrons. The van der Waals surface area contributed by atoms with Crippen molar-refractivity contribution in [3.8, 4) is 0 Å². The molecule has 6 rings (SSSR count). The highest BCUT2D eigenvalue weighted by Gasteiger charge is 2.79. The Hall–Kier alpha value is -2.67. The van der Waals surface area contributed by atoms with Crippen LogP contribution in [0.15, 0.2) is 78.9 Å². The number of benzene rings is 3. The highest BCUT2D eigenvalue weighted by molar-refractivity contribution is 6.08. The van der Waals surface area contributed by atoms with E-state index >= 15 is 0 Å². The number of carbonyl (C=O) groups is 1. The topological polar surface area (TPSA) is 17.1 Å². The van der Waals surface area contributed by atoms with Gasteiger partial charge < -0.3 is 0 Å². The summed E-state index contributed by atoms with van der Waals surface area (Å²) in [5.74, 6) is 2.31. The largest absolute Gasteiger partial charge is 0.293 e. The summed E-state index contributed by atoms with van der Waals surface area (Å²) < 4.78 is 0. The predicted molar refractivity (Wildman–Crippen MR) is 107 cm³/mol. The standard InChI is InChI=1S/C26H22O/c1-16-12-13-19-20-15-22-24(23(20)17-8-4-2-5-9-17)26(22,21(19)14-16)25(27)18-10-6-3-7-11-18/h2-14,20,22-24H,15H2,1H3/t20-,22-,23+,24?,26?/m1/s1. The number of fused-ring (bicyclic) bond motifs is 5. The van der Waals surface area contributed by atoms with Gasteiger partial charge in [-0.15, -0.1) is 0 Å². The fourth-order valence-corrected chi connectivity index (χ4v) is 6.46. The van der Waals surface area contributed by atoms with Crippen molar-refractivity contribution >= 4 is 5.78 Å². The molecule has 0 aliphatic heterocycles. The molecule has 132 valence electrons. The summed E-state index contributed by atoms with van der Waals surface area (Å²) in [7, 11) is 0. The fraction of sp³-hybridized carbons (Fsp3) is 0.269. The van der Waals surface area contributed by atoms with Crippen molar-refractivity contribution in [1.29, 1.82) is 0 Å². The summed E-state index contributed by atoms with van der Waals surface area (Å²) in [6.07, 6.45) is 1.15. The Morgan fingerprint density at radius 3 is 2.37 bits per heavy atom. The van der Waals surface area contributed by atoms with E-state index in [1.807, 2.05) is 30.3 Å². The van der Waals surface area contributed by atoms with E-state index in [1.54, 1.807) is 0 Å². The second-order valence-electron chi connectivity index (χ2n) is 8.57. The van der Waals surface area contributed by atoms with Crippen LogP contribution in [-0.2, 0) is 5.41 Å². The maximum absolute atomic E-state index is 13.8. The highest BCUT2D eigenvalue weighted by atomic mass is 16.1. The Labute approximate surface area is 160 Å². The molecule has 0 amide bonds. The summed E-state index contributed by atoms with van der Waals surface area (Å²) >= 11 is 0. The number of hydrogen-bond donors (Lipinski definition) is 0. The minimum Gasteiger partial charge on any atom is -0.293 e. The van der Waals surface area contributed by atoms with Crippen LogP contribution in [0.3, 0.4) is 0 Å². The molecule has 0 heterocycles. The van der Waals surface area contributed by atoms with Crippen LogP contribution in [0, 0.1) is 18.8 Å². The van der Waals surface area contributed by atoms with Crippen molar-refractivity contribution in [2.45, 2.75) is 30.6 Å². The van der Waals surface area contributed by atoms with Crippen LogP contribution < -0.4 is 0 Å². The maximum atomic E-state index is 13.8. The van der Waals surface area contributed by atoms with Gasteiger partial charge in [0.2, 0.25) is 0 Å². The van der Waals surface area contributed by atoms with Crippen molar-refractivity contribution < 1.29 is 4.79 Å². The lowest BCUT2D eigenvalue weighted by atomic mass is 9.63. The molecule has 0 aromatic heterocycles. The molecule has 3 aromatic carbocycles. The lowest BCUT2D eigenvalue weighted by Crippen LogP contribution is -2.36. The Morgan fingerprint density at radius 2 is 1.63 bits per heavy atom. The summed E-state index contributed by atoms with van der Waals surface area (Å²) in [4.78, 5) is 13.8. The van der Waals surface area contributed by atoms with E-state index in [0.717, 1.165) is 12.0 Å². The minimum absolute atomic E-state index is 0.308. The first-order valence-electron chi connectivity index (χ1n) is 9.98. The van der Waals surface area contributed by atoms with E-state index in [0.29, 0.717) is 29.5 Å². The average Bonchev–Trinajstić information content (AvgIpc) is 3.25. The van der Waals surface area contributed by atoms with Crippen molar-refractivity contribution in [3.63, 3.8) is 0 Å². The monoisotopic (exact) mass is 350 g/mol. The smallest absolute Gasteiger partial charge is 0.173 e. The molecule has 5 atom stereocenters. The zero-order chi connectivity index (χ0) is 18.2. The highest BCUT2D eigenvalue weighted by Crippen LogP contribution is 2.80. The van der Waals surface area contributed by atoms with Gasteiger partial charge in [0.25, 0.3) is 0 Å². The normalized spacial score (nSPS) is 32.0. The average molecular weight is 350 g/mol. The van der Waals surface area contributed by atoms with Gasteiger partial charge in [0.05, 0.1) is 5.41 Å². The molecule has 2 saturated carbocycles. The van der Waals surface area contributed by atoms with Crippen LogP contribution in [0.2, 0.25) is 0 Å². The molecular formula is C26H22O. The van der Waals surface area contributed by atoms with E-state index in [1.165, 1.54) is 22.3 Å². The molecule has 2 bridgehead atoms. The second kappa shape index (κ2) is 5.19. The van der Waals surface area contributed by atoms with E-state index in [2.05, 4.69) is 55.5 Å². The number of Topliss-reactive ketones (excluding diaryl/α,β-unsaturated/α-hetero) is 1. The number of hydrogen-bond acceptors (Lipinski definition) is 1. The molecular weight excluding hydrogens is 328 g/mol. The summed E-state index contributed by atoms with van der Waals surface area (Å²) in [5.41, 5.74) is 5.97. The van der Waals surface area contributed by atoms with Crippen LogP contribution >= 0.6 is 0 Å². The third kappa shape index (κ3) is 1.82. The van der Waals surface area contributed by atoms with Crippen molar-refractivity contribution in [2.75, 3.05) is 0 Å². The zero-order valence-electron chi connectivity index (χ0n) is 15.4. The molecule has 3 aromatic rings. The number of ketones is 1. The van der Waals surface area contributed by atoms with Gasteiger partial charge in [0.15, 0.2) is 5.78 Å². The molecule has 2 fully saturated rings. The third-order valence-electron chi connectivity index (χ3n) is 7.41. The van der Waals surface area contributed by atoms with Gasteiger partial charge in [-0.25, -0.2) is 0 Å². The molecule has 2 unspecified atom stereocenters. The van der Waals surface area contributed by atoms with Crippen molar-refractivity contribution in [3.05, 3.63) is 107 Å². The van der Waals surface area contributed by atoms with Crippen LogP contribution in [0.5, 0.6) is 0 Å².